The molecule has 0 aliphatic carbocycles. The Bertz CT molecular complexity index is 934. The number of carbonyl (C=O) groups excluding carboxylic acids is 1. The highest BCUT2D eigenvalue weighted by Gasteiger charge is 2.36. The molecule has 11 nitrogen and oxygen atoms in total. The number of nitrogens with one attached hydrogen (secondary N) is 1. The van der Waals surface area contributed by atoms with Gasteiger partial charge in [0.15, 0.2) is 0 Å². The molecule has 1 aromatic heterocycles. The summed E-state index contributed by atoms with van der Waals surface area (Å²) in [4.78, 5) is 38.3. The highest BCUT2D eigenvalue weighted by molar-refractivity contribution is 5.68. The van der Waals surface area contributed by atoms with Crippen molar-refractivity contribution in [2.24, 2.45) is 0 Å². The average molecular weight is 392 g/mol. The van der Waals surface area contributed by atoms with Gasteiger partial charge in [0.25, 0.3) is 5.69 Å². The van der Waals surface area contributed by atoms with Gasteiger partial charge in [0, 0.05) is 12.1 Å². The minimum absolute atomic E-state index is 0.0126. The molecule has 2 heterocycles. The van der Waals surface area contributed by atoms with E-state index in [0.29, 0.717) is 11.3 Å². The number of aromatic nitrogens is 2. The van der Waals surface area contributed by atoms with Crippen LogP contribution in [0.5, 0.6) is 5.88 Å². The molecule has 150 valence electrons. The molecule has 0 bridgehead atoms. The number of nitro benzene ring substituents is 1. The molecule has 1 aliphatic heterocycles. The quantitative estimate of drug-likeness (QED) is 0.504. The number of aliphatic hydroxyl groups is 1. The van der Waals surface area contributed by atoms with Gasteiger partial charge in [0.2, 0.25) is 5.88 Å². The maximum absolute atomic E-state index is 12.4. The summed E-state index contributed by atoms with van der Waals surface area (Å²) in [6, 6.07) is 5.08. The molecule has 0 spiro atoms. The van der Waals surface area contributed by atoms with E-state index >= 15 is 0 Å². The Hall–Kier alpha value is -3.34. The number of rotatable bonds is 5. The Kier molecular flexibility index (Phi) is 5.36. The number of hydrogen-bond donors (Lipinski definition) is 3. The normalized spacial score (nSPS) is 19.0. The lowest BCUT2D eigenvalue weighted by Crippen LogP contribution is -2.40. The van der Waals surface area contributed by atoms with Gasteiger partial charge < -0.3 is 24.8 Å². The van der Waals surface area contributed by atoms with E-state index in [4.69, 9.17) is 4.74 Å². The minimum Gasteiger partial charge on any atom is -0.493 e. The number of imidazole rings is 1. The fourth-order valence-electron chi connectivity index (χ4n) is 3.19. The summed E-state index contributed by atoms with van der Waals surface area (Å²) in [7, 11) is 0. The zero-order valence-corrected chi connectivity index (χ0v) is 15.1. The summed E-state index contributed by atoms with van der Waals surface area (Å²) in [5.41, 5.74) is 0.321. The minimum atomic E-state index is -0.769. The predicted molar refractivity (Wildman–Crippen MR) is 95.9 cm³/mol. The van der Waals surface area contributed by atoms with Crippen molar-refractivity contribution < 1.29 is 24.7 Å². The maximum atomic E-state index is 12.4. The molecule has 1 aromatic carbocycles. The second-order valence-corrected chi connectivity index (χ2v) is 6.66. The Labute approximate surface area is 158 Å². The van der Waals surface area contributed by atoms with Crippen LogP contribution in [0.3, 0.4) is 0 Å². The van der Waals surface area contributed by atoms with Crippen LogP contribution in [-0.2, 0) is 17.9 Å². The molecular weight excluding hydrogens is 372 g/mol. The van der Waals surface area contributed by atoms with E-state index in [1.54, 1.807) is 6.92 Å². The van der Waals surface area contributed by atoms with Crippen LogP contribution in [0, 0.1) is 17.0 Å². The molecule has 0 radical (unpaired) electrons. The van der Waals surface area contributed by atoms with Crippen LogP contribution >= 0.6 is 0 Å². The van der Waals surface area contributed by atoms with Crippen LogP contribution in [0.2, 0.25) is 0 Å². The second kappa shape index (κ2) is 7.72. The number of hydrogen-bond acceptors (Lipinski definition) is 7. The zero-order valence-electron chi connectivity index (χ0n) is 15.1. The first-order valence-electron chi connectivity index (χ1n) is 8.59. The summed E-state index contributed by atoms with van der Waals surface area (Å²) in [5, 5.41) is 30.6. The van der Waals surface area contributed by atoms with E-state index in [-0.39, 0.29) is 37.7 Å². The topological polar surface area (TPSA) is 151 Å². The Morgan fingerprint density at radius 1 is 1.39 bits per heavy atom. The number of aliphatic hydroxyl groups excluding tert-OH is 1. The molecule has 3 rings (SSSR count). The zero-order chi connectivity index (χ0) is 20.4. The van der Waals surface area contributed by atoms with Crippen LogP contribution in [0.1, 0.15) is 17.7 Å². The van der Waals surface area contributed by atoms with Gasteiger partial charge in [-0.25, -0.2) is 9.59 Å². The third-order valence-electron chi connectivity index (χ3n) is 4.66. The number of benzene rings is 1. The SMILES string of the molecule is Cc1[nH]c(=O)n(C[C@@H]2C[C@@H](O)CN2C(=O)OCc2ccc([N+](=O)[O-])cc2)c1O. The van der Waals surface area contributed by atoms with Crippen molar-refractivity contribution in [3.63, 3.8) is 0 Å². The highest BCUT2D eigenvalue weighted by Crippen LogP contribution is 2.23. The highest BCUT2D eigenvalue weighted by atomic mass is 16.6. The van der Waals surface area contributed by atoms with Crippen LogP contribution in [-0.4, -0.2) is 54.4 Å². The van der Waals surface area contributed by atoms with Gasteiger partial charge in [0.05, 0.1) is 35.9 Å². The van der Waals surface area contributed by atoms with Gasteiger partial charge in [-0.05, 0) is 31.0 Å². The second-order valence-electron chi connectivity index (χ2n) is 6.66. The van der Waals surface area contributed by atoms with E-state index in [1.807, 2.05) is 0 Å². The first kappa shape index (κ1) is 19.4. The first-order valence-corrected chi connectivity index (χ1v) is 8.59. The molecule has 1 amide bonds. The fourth-order valence-corrected chi connectivity index (χ4v) is 3.19. The Morgan fingerprint density at radius 2 is 2.07 bits per heavy atom. The molecule has 1 saturated heterocycles. The number of carbonyl (C=O) groups is 1. The van der Waals surface area contributed by atoms with Gasteiger partial charge in [-0.1, -0.05) is 0 Å². The van der Waals surface area contributed by atoms with E-state index in [9.17, 15) is 29.9 Å². The molecule has 2 aromatic rings. The Balaban J connectivity index is 1.65. The lowest BCUT2D eigenvalue weighted by molar-refractivity contribution is -0.384. The number of nitro groups is 1. The van der Waals surface area contributed by atoms with Crippen LogP contribution in [0.25, 0.3) is 0 Å². The standard InChI is InChI=1S/C17H20N4O7/c1-10-15(23)20(16(24)18-10)7-13-6-14(22)8-19(13)17(25)28-9-11-2-4-12(5-3-11)21(26)27/h2-5,13-14,22-23H,6-9H2,1H3,(H,18,24)/t13-,14+/m0/s1. The van der Waals surface area contributed by atoms with Crippen molar-refractivity contribution in [1.29, 1.82) is 0 Å². The number of aromatic amines is 1. The number of ether oxygens (including phenoxy) is 1. The summed E-state index contributed by atoms with van der Waals surface area (Å²) < 4.78 is 6.35. The Morgan fingerprint density at radius 3 is 2.64 bits per heavy atom. The molecule has 1 aliphatic rings. The number of H-pyrrole nitrogens is 1. The van der Waals surface area contributed by atoms with Gasteiger partial charge in [0.1, 0.15) is 6.61 Å². The predicted octanol–water partition coefficient (Wildman–Crippen LogP) is 0.871. The summed E-state index contributed by atoms with van der Waals surface area (Å²) in [6.07, 6.45) is -1.21. The van der Waals surface area contributed by atoms with E-state index in [2.05, 4.69) is 4.98 Å². The molecule has 0 saturated carbocycles. The van der Waals surface area contributed by atoms with Crippen molar-refractivity contribution in [3.05, 3.63) is 56.1 Å². The van der Waals surface area contributed by atoms with Gasteiger partial charge >= 0.3 is 11.8 Å². The van der Waals surface area contributed by atoms with E-state index in [0.717, 1.165) is 4.57 Å². The molecule has 2 atom stereocenters. The molecule has 0 unspecified atom stereocenters. The van der Waals surface area contributed by atoms with Gasteiger partial charge in [-0.2, -0.15) is 0 Å². The number of β-amino-alcohol motifs (C(OH)–C–C–N with tert-alkyl or cyclic N) is 1. The van der Waals surface area contributed by atoms with E-state index in [1.165, 1.54) is 29.2 Å². The number of nitrogens with zero attached hydrogens (tertiary/aromatic N) is 3. The van der Waals surface area contributed by atoms with Crippen molar-refractivity contribution in [1.82, 2.24) is 14.5 Å². The average Bonchev–Trinajstić information content (AvgIpc) is 3.14. The smallest absolute Gasteiger partial charge is 0.410 e. The van der Waals surface area contributed by atoms with Crippen molar-refractivity contribution in [2.45, 2.75) is 38.6 Å². The number of aryl methyl sites for hydroxylation is 1. The molecule has 3 N–H and O–H groups in total. The number of amides is 1. The van der Waals surface area contributed by atoms with Crippen LogP contribution < -0.4 is 5.69 Å². The lowest BCUT2D eigenvalue weighted by Gasteiger charge is -2.24. The summed E-state index contributed by atoms with van der Waals surface area (Å²) in [6.45, 7) is 1.51. The molecule has 28 heavy (non-hydrogen) atoms. The monoisotopic (exact) mass is 392 g/mol. The fraction of sp³-hybridized carbons (Fsp3) is 0.412. The number of likely N-dealkylation sites (tertiary alicyclic amines) is 1. The lowest BCUT2D eigenvalue weighted by atomic mass is 10.2. The largest absolute Gasteiger partial charge is 0.493 e. The third kappa shape index (κ3) is 3.98. The van der Waals surface area contributed by atoms with Crippen molar-refractivity contribution >= 4 is 11.8 Å². The van der Waals surface area contributed by atoms with Gasteiger partial charge in [-0.15, -0.1) is 0 Å². The summed E-state index contributed by atoms with van der Waals surface area (Å²) in [5.74, 6) is -0.217. The number of non-ortho nitro benzene ring substituents is 1. The molecule has 11 heteroatoms. The molecular formula is C17H20N4O7. The maximum Gasteiger partial charge on any atom is 0.410 e. The van der Waals surface area contributed by atoms with Crippen LogP contribution in [0.15, 0.2) is 29.1 Å². The van der Waals surface area contributed by atoms with Crippen LogP contribution in [0.4, 0.5) is 10.5 Å². The van der Waals surface area contributed by atoms with E-state index < -0.39 is 28.9 Å². The summed E-state index contributed by atoms with van der Waals surface area (Å²) >= 11 is 0. The first-order chi connectivity index (χ1) is 13.3. The van der Waals surface area contributed by atoms with Crippen molar-refractivity contribution in [2.75, 3.05) is 6.54 Å². The number of aromatic hydroxyl groups is 1. The molecule has 1 fully saturated rings. The van der Waals surface area contributed by atoms with Crippen molar-refractivity contribution in [3.8, 4) is 5.88 Å². The van der Waals surface area contributed by atoms with Gasteiger partial charge in [-0.3, -0.25) is 14.7 Å². The third-order valence-corrected chi connectivity index (χ3v) is 4.66.